The SMILES string of the molecule is CC(C)C1=Nc2c(c(=O)[nH]c(=O)n2C)C1.COC(=O)CCCCCCCCCCCCCCCBr.COC(=O)CCCCCCCCCCCCCCCn1c(C(C)C)nc2c1c(=O)[nH]c(=O)n2C.COC(=O)CCCCCCCCCCCCCCCn1c(C(C)C)nc2nc(Cl)nc(Cl)c21. The van der Waals surface area contributed by atoms with Crippen LogP contribution in [0.15, 0.2) is 24.2 Å². The lowest BCUT2D eigenvalue weighted by atomic mass is 10.0. The first-order valence-electron chi connectivity index (χ1n) is 39.1. The number of imidazole rings is 2. The Morgan fingerprint density at radius 3 is 1.13 bits per heavy atom. The molecule has 0 bridgehead atoms. The molecule has 21 nitrogen and oxygen atoms in total. The number of nitrogens with one attached hydrogen (secondary N) is 2. The van der Waals surface area contributed by atoms with Crippen LogP contribution in [0.1, 0.15) is 340 Å². The molecule has 0 spiro atoms. The number of ether oxygens (including phenoxy) is 3. The quantitative estimate of drug-likeness (QED) is 0.00916. The van der Waals surface area contributed by atoms with Gasteiger partial charge in [-0.1, -0.05) is 281 Å². The molecule has 2 N–H and O–H groups in total. The van der Waals surface area contributed by atoms with E-state index < -0.39 is 11.4 Å². The number of H-pyrrole nitrogens is 2. The summed E-state index contributed by atoms with van der Waals surface area (Å²) < 4.78 is 20.9. The van der Waals surface area contributed by atoms with Gasteiger partial charge in [0.05, 0.1) is 26.9 Å². The molecule has 0 aromatic carbocycles. The van der Waals surface area contributed by atoms with E-state index in [1.54, 1.807) is 14.1 Å². The van der Waals surface area contributed by atoms with E-state index in [0.717, 1.165) is 92.7 Å². The maximum Gasteiger partial charge on any atom is 0.329 e. The van der Waals surface area contributed by atoms with Crippen molar-refractivity contribution in [2.24, 2.45) is 25.0 Å². The van der Waals surface area contributed by atoms with Crippen molar-refractivity contribution >= 4 is 90.9 Å². The van der Waals surface area contributed by atoms with E-state index in [1.807, 2.05) is 18.4 Å². The van der Waals surface area contributed by atoms with Crippen LogP contribution in [-0.2, 0) is 62.2 Å². The summed E-state index contributed by atoms with van der Waals surface area (Å²) in [6.45, 7) is 14.1. The molecule has 24 heteroatoms. The number of hydrogen-bond donors (Lipinski definition) is 2. The number of aromatic nitrogens is 10. The lowest BCUT2D eigenvalue weighted by Crippen LogP contribution is -2.29. The Balaban J connectivity index is 0.000000370. The third-order valence-corrected chi connectivity index (χ3v) is 20.0. The van der Waals surface area contributed by atoms with Gasteiger partial charge in [-0.25, -0.2) is 29.5 Å². The Bertz CT molecular complexity index is 3460. The van der Waals surface area contributed by atoms with Crippen LogP contribution < -0.4 is 22.5 Å². The monoisotopic (exact) mass is 1530 g/mol. The molecule has 6 rings (SSSR count). The first-order valence-corrected chi connectivity index (χ1v) is 40.9. The Morgan fingerprint density at radius 2 is 0.765 bits per heavy atom. The summed E-state index contributed by atoms with van der Waals surface area (Å²) >= 11 is 15.8. The van der Waals surface area contributed by atoms with Crippen LogP contribution in [0.3, 0.4) is 0 Å². The van der Waals surface area contributed by atoms with Gasteiger partial charge in [0.15, 0.2) is 22.0 Å². The van der Waals surface area contributed by atoms with Crippen molar-refractivity contribution < 1.29 is 28.6 Å². The van der Waals surface area contributed by atoms with E-state index in [9.17, 15) is 33.6 Å². The number of esters is 3. The molecule has 0 atom stereocenters. The van der Waals surface area contributed by atoms with E-state index in [-0.39, 0.29) is 46.1 Å². The normalized spacial score (nSPS) is 11.8. The van der Waals surface area contributed by atoms with Gasteiger partial charge in [0.2, 0.25) is 5.28 Å². The van der Waals surface area contributed by atoms with Gasteiger partial charge in [0, 0.05) is 75.7 Å². The average molecular weight is 1530 g/mol. The highest BCUT2D eigenvalue weighted by Gasteiger charge is 2.24. The van der Waals surface area contributed by atoms with E-state index in [4.69, 9.17) is 23.2 Å². The average Bonchev–Trinajstić information content (AvgIpc) is 1.63. The number of unbranched alkanes of at least 4 members (excludes halogenated alkanes) is 36. The highest BCUT2D eigenvalue weighted by atomic mass is 79.9. The molecule has 0 amide bonds. The molecular formula is C78H130BrCl2N11O10. The Kier molecular flexibility index (Phi) is 48.2. The number of hydrogen-bond acceptors (Lipinski definition) is 15. The molecule has 578 valence electrons. The van der Waals surface area contributed by atoms with Crippen LogP contribution in [0.25, 0.3) is 22.3 Å². The zero-order valence-electron chi connectivity index (χ0n) is 64.5. The number of alkyl halides is 1. The first kappa shape index (κ1) is 90.7. The molecule has 6 heterocycles. The lowest BCUT2D eigenvalue weighted by Gasteiger charge is -2.11. The highest BCUT2D eigenvalue weighted by molar-refractivity contribution is 9.09. The molecule has 0 unspecified atom stereocenters. The summed E-state index contributed by atoms with van der Waals surface area (Å²) in [6, 6.07) is 0. The molecular weight excluding hydrogens is 1400 g/mol. The molecule has 1 aliphatic heterocycles. The van der Waals surface area contributed by atoms with Crippen molar-refractivity contribution in [2.45, 2.75) is 343 Å². The van der Waals surface area contributed by atoms with Crippen LogP contribution in [0.5, 0.6) is 0 Å². The second kappa shape index (κ2) is 54.2. The summed E-state index contributed by atoms with van der Waals surface area (Å²) in [5.74, 6) is 2.88. The van der Waals surface area contributed by atoms with Gasteiger partial charge in [-0.2, -0.15) is 4.98 Å². The summed E-state index contributed by atoms with van der Waals surface area (Å²) in [5, 5.41) is 1.68. The summed E-state index contributed by atoms with van der Waals surface area (Å²) in [7, 11) is 7.63. The minimum atomic E-state index is -0.423. The first-order chi connectivity index (χ1) is 49.1. The van der Waals surface area contributed by atoms with E-state index in [2.05, 4.69) is 97.3 Å². The zero-order chi connectivity index (χ0) is 75.0. The minimum Gasteiger partial charge on any atom is -0.469 e. The van der Waals surface area contributed by atoms with E-state index in [0.29, 0.717) is 64.9 Å². The van der Waals surface area contributed by atoms with Crippen LogP contribution in [0.2, 0.25) is 10.4 Å². The Labute approximate surface area is 627 Å². The van der Waals surface area contributed by atoms with Gasteiger partial charge >= 0.3 is 29.3 Å². The molecule has 0 fully saturated rings. The molecule has 0 saturated heterocycles. The second-order valence-electron chi connectivity index (χ2n) is 28.5. The van der Waals surface area contributed by atoms with Crippen molar-refractivity contribution in [3.63, 3.8) is 0 Å². The number of carbonyl (C=O) groups is 3. The van der Waals surface area contributed by atoms with Gasteiger partial charge in [-0.05, 0) is 56.0 Å². The number of halogens is 3. The molecule has 1 aliphatic rings. The van der Waals surface area contributed by atoms with Gasteiger partial charge in [-0.15, -0.1) is 0 Å². The smallest absolute Gasteiger partial charge is 0.329 e. The van der Waals surface area contributed by atoms with Crippen LogP contribution >= 0.6 is 39.1 Å². The molecule has 5 aromatic heterocycles. The summed E-state index contributed by atoms with van der Waals surface area (Å²) in [4.78, 5) is 107. The molecule has 0 saturated carbocycles. The van der Waals surface area contributed by atoms with Gasteiger partial charge in [-0.3, -0.25) is 43.1 Å². The van der Waals surface area contributed by atoms with Crippen LogP contribution in [0, 0.1) is 5.92 Å². The fraction of sp³-hybridized carbons (Fsp3) is 0.769. The maximum absolute atomic E-state index is 12.4. The van der Waals surface area contributed by atoms with Crippen molar-refractivity contribution in [1.29, 1.82) is 0 Å². The fourth-order valence-corrected chi connectivity index (χ4v) is 13.7. The third kappa shape index (κ3) is 35.5. The topological polar surface area (TPSA) is 262 Å². The van der Waals surface area contributed by atoms with Gasteiger partial charge < -0.3 is 23.3 Å². The van der Waals surface area contributed by atoms with Crippen molar-refractivity contribution in [2.75, 3.05) is 26.7 Å². The van der Waals surface area contributed by atoms with E-state index in [1.165, 1.54) is 230 Å². The highest BCUT2D eigenvalue weighted by Crippen LogP contribution is 2.29. The summed E-state index contributed by atoms with van der Waals surface area (Å²) in [6.07, 6.45) is 51.2. The Morgan fingerprint density at radius 1 is 0.431 bits per heavy atom. The number of aryl methyl sites for hydroxylation is 3. The number of rotatable bonds is 50. The van der Waals surface area contributed by atoms with Crippen LogP contribution in [0.4, 0.5) is 5.82 Å². The Hall–Kier alpha value is -5.48. The van der Waals surface area contributed by atoms with Crippen molar-refractivity contribution in [3.05, 3.63) is 69.3 Å². The third-order valence-electron chi connectivity index (χ3n) is 19.0. The van der Waals surface area contributed by atoms with Gasteiger partial charge in [0.1, 0.15) is 23.0 Å². The molecule has 5 aromatic rings. The number of aromatic amines is 2. The molecule has 102 heavy (non-hydrogen) atoms. The fourth-order valence-electron chi connectivity index (χ4n) is 12.8. The number of carbonyl (C=O) groups excluding carboxylic acids is 3. The molecule has 0 aliphatic carbocycles. The number of aliphatic imine (C=N–C) groups is 1. The maximum atomic E-state index is 12.4. The summed E-state index contributed by atoms with van der Waals surface area (Å²) in [5.41, 5.74) is 2.43. The van der Waals surface area contributed by atoms with Gasteiger partial charge in [0.25, 0.3) is 11.1 Å². The zero-order valence-corrected chi connectivity index (χ0v) is 67.6. The lowest BCUT2D eigenvalue weighted by molar-refractivity contribution is -0.141. The second-order valence-corrected chi connectivity index (χ2v) is 30.0. The predicted molar refractivity (Wildman–Crippen MR) is 421 cm³/mol. The van der Waals surface area contributed by atoms with Crippen LogP contribution in [-0.4, -0.2) is 98.5 Å². The minimum absolute atomic E-state index is 0.0684. The van der Waals surface area contributed by atoms with Crippen molar-refractivity contribution in [3.8, 4) is 0 Å². The standard InChI is InChI=1S/C26H44N4O4.C25H40Cl2N4O2.C17H33BrO2.C10H13N3O2/c1-20(2)23-27-24-22(25(32)28-26(33)29(24)3)30(23)19-17-15-13-11-9-7-5-6-8-10-12-14-16-18-21(31)34-4;1-19(2)24-29-23-21(22(26)28-25(27)30-23)31(24)18-16-14-12-10-8-6-4-5-7-9-11-13-15-17-20(32)33-3;1-20-17(19)15-13-11-9-7-5-3-2-4-6-8-10-12-14-16-18;1-5(2)7-4-6-8(11-7)13(3)10(15)12-9(6)14/h20H,5-19H2,1-4H3,(H,28,32,33);19H,4-18H2,1-3H3;2-16H2,1H3;5H,4H2,1-3H3,(H,12,14,15). The largest absolute Gasteiger partial charge is 0.469 e. The predicted octanol–water partition coefficient (Wildman–Crippen LogP) is 19.4. The number of methoxy groups -OCH3 is 3. The van der Waals surface area contributed by atoms with E-state index >= 15 is 0 Å². The van der Waals surface area contributed by atoms with Crippen molar-refractivity contribution in [1.82, 2.24) is 48.2 Å². The molecule has 0 radical (unpaired) electrons. The number of nitrogens with zero attached hydrogens (tertiary/aromatic N) is 9. The number of fused-ring (bicyclic) bond motifs is 3.